The average Bonchev–Trinajstić information content (AvgIpc) is 3.65. The van der Waals surface area contributed by atoms with Crippen molar-refractivity contribution < 1.29 is 72.3 Å². The fraction of sp³-hybridized carbons (Fsp3) is 0.490. The molecule has 3 aromatic carbocycles. The van der Waals surface area contributed by atoms with Crippen LogP contribution in [0, 0.1) is 5.92 Å². The summed E-state index contributed by atoms with van der Waals surface area (Å²) >= 11 is 0. The molecule has 1 unspecified atom stereocenters. The molecule has 1 aliphatic carbocycles. The van der Waals surface area contributed by atoms with Crippen LogP contribution in [-0.4, -0.2) is 133 Å². The highest BCUT2D eigenvalue weighted by Crippen LogP contribution is 2.36. The second kappa shape index (κ2) is 24.7. The predicted molar refractivity (Wildman–Crippen MR) is 242 cm³/mol. The maximum atomic E-state index is 13.1. The number of amides is 3. The van der Waals surface area contributed by atoms with Gasteiger partial charge in [-0.05, 0) is 35.4 Å². The van der Waals surface area contributed by atoms with Crippen LogP contribution in [0.1, 0.15) is 43.4 Å². The van der Waals surface area contributed by atoms with Gasteiger partial charge < -0.3 is 79.6 Å². The van der Waals surface area contributed by atoms with E-state index in [1.165, 1.54) is 0 Å². The maximum Gasteiger partial charge on any atom is 0.408 e. The highest BCUT2D eigenvalue weighted by Gasteiger charge is 2.52. The minimum Gasteiger partial charge on any atom is -0.445 e. The summed E-state index contributed by atoms with van der Waals surface area (Å²) < 4.78 is 54.1. The quantitative estimate of drug-likeness (QED) is 0.0712. The number of rotatable bonds is 18. The molecule has 0 spiro atoms. The van der Waals surface area contributed by atoms with Gasteiger partial charge in [0.25, 0.3) is 0 Å². The van der Waals surface area contributed by atoms with Gasteiger partial charge in [0.1, 0.15) is 56.3 Å². The van der Waals surface area contributed by atoms with Crippen LogP contribution in [0.2, 0.25) is 0 Å². The first-order chi connectivity index (χ1) is 33.0. The number of carbonyl (C=O) groups excluding carboxylic acids is 3. The molecule has 0 bridgehead atoms. The van der Waals surface area contributed by atoms with E-state index >= 15 is 0 Å². The van der Waals surface area contributed by atoms with Crippen LogP contribution < -0.4 is 21.7 Å². The predicted octanol–water partition coefficient (Wildman–Crippen LogP) is 3.44. The Balaban J connectivity index is 1.02. The smallest absolute Gasteiger partial charge is 0.408 e. The summed E-state index contributed by atoms with van der Waals surface area (Å²) in [4.78, 5) is 38.7. The van der Waals surface area contributed by atoms with Crippen LogP contribution >= 0.6 is 0 Å². The number of alkyl carbamates (subject to hydrolysis) is 3. The van der Waals surface area contributed by atoms with Crippen LogP contribution in [0.3, 0.4) is 0 Å². The van der Waals surface area contributed by atoms with Crippen molar-refractivity contribution in [1.82, 2.24) is 16.0 Å². The zero-order valence-electron chi connectivity index (χ0n) is 37.9. The van der Waals surface area contributed by atoms with E-state index in [0.717, 1.165) is 16.7 Å². The fourth-order valence-electron chi connectivity index (χ4n) is 8.28. The van der Waals surface area contributed by atoms with E-state index in [1.807, 2.05) is 98.8 Å². The largest absolute Gasteiger partial charge is 0.445 e. The maximum absolute atomic E-state index is 13.1. The van der Waals surface area contributed by atoms with Gasteiger partial charge in [-0.1, -0.05) is 129 Å². The van der Waals surface area contributed by atoms with Crippen molar-refractivity contribution in [3.8, 4) is 0 Å². The highest BCUT2D eigenvalue weighted by molar-refractivity contribution is 5.69. The zero-order chi connectivity index (χ0) is 48.0. The van der Waals surface area contributed by atoms with E-state index in [1.54, 1.807) is 30.4 Å². The van der Waals surface area contributed by atoms with E-state index in [9.17, 15) is 29.7 Å². The van der Waals surface area contributed by atoms with Crippen LogP contribution in [0.15, 0.2) is 115 Å². The van der Waals surface area contributed by atoms with Crippen molar-refractivity contribution in [1.29, 1.82) is 0 Å². The van der Waals surface area contributed by atoms with E-state index in [-0.39, 0.29) is 38.4 Å². The van der Waals surface area contributed by atoms with E-state index in [4.69, 9.17) is 48.4 Å². The fourth-order valence-corrected chi connectivity index (χ4v) is 8.28. The molecule has 1 saturated heterocycles. The Morgan fingerprint density at radius 3 is 1.60 bits per heavy atom. The summed E-state index contributed by atoms with van der Waals surface area (Å²) in [6.07, 6.45) is -7.07. The first-order valence-electron chi connectivity index (χ1n) is 22.9. The Bertz CT molecular complexity index is 2100. The number of benzene rings is 3. The molecule has 3 heterocycles. The molecule has 368 valence electrons. The molecular weight excluding hydrogens is 885 g/mol. The van der Waals surface area contributed by atoms with Crippen molar-refractivity contribution in [2.75, 3.05) is 13.2 Å². The first kappa shape index (κ1) is 50.4. The van der Waals surface area contributed by atoms with Gasteiger partial charge in [0, 0.05) is 6.04 Å². The van der Waals surface area contributed by atoms with E-state index < -0.39 is 105 Å². The number of hydrogen-bond donors (Lipinski definition) is 7. The summed E-state index contributed by atoms with van der Waals surface area (Å²) in [5.41, 5.74) is 8.79. The topological polar surface area (TPSA) is 257 Å². The number of aliphatic hydroxyl groups is 3. The number of carbonyl (C=O) groups is 3. The number of aliphatic hydroxyl groups excluding tert-OH is 3. The molecule has 19 heteroatoms. The van der Waals surface area contributed by atoms with Gasteiger partial charge >= 0.3 is 18.3 Å². The van der Waals surface area contributed by atoms with Gasteiger partial charge in [0.15, 0.2) is 18.9 Å². The van der Waals surface area contributed by atoms with Gasteiger partial charge in [-0.3, -0.25) is 0 Å². The van der Waals surface area contributed by atoms with Crippen molar-refractivity contribution in [3.05, 3.63) is 132 Å². The second-order valence-electron chi connectivity index (χ2n) is 17.1. The third-order valence-corrected chi connectivity index (χ3v) is 12.0. The molecule has 2 fully saturated rings. The highest BCUT2D eigenvalue weighted by atomic mass is 16.8. The monoisotopic (exact) mass is 946 g/mol. The molecule has 3 aromatic rings. The summed E-state index contributed by atoms with van der Waals surface area (Å²) in [5, 5.41) is 42.2. The Kier molecular flexibility index (Phi) is 18.3. The molecule has 1 saturated carbocycles. The minimum atomic E-state index is -1.61. The number of ether oxygens (including phenoxy) is 9. The van der Waals surface area contributed by atoms with Gasteiger partial charge in [-0.25, -0.2) is 14.4 Å². The van der Waals surface area contributed by atoms with Crippen molar-refractivity contribution in [2.24, 2.45) is 11.7 Å². The lowest BCUT2D eigenvalue weighted by molar-refractivity contribution is -0.286. The van der Waals surface area contributed by atoms with Crippen LogP contribution in [-0.2, 0) is 62.5 Å². The SMILES string of the molecule is CC[C@@H]1C=C[C@@H](NC(=O)OCc2ccccc2)[C@@H](O[C@H]2[C@H](O[C@@H]3O[C@H](CO)[C@@H](O[C@H]4O[C@@H](CNC(=O)OCc5ccccc5)C=CC4NC(=O)OCc4ccccc4)[C@H]3O)[C@@H](O)[C@H](N)C[C@@H]2C)O1. The molecule has 0 radical (unpaired) electrons. The van der Waals surface area contributed by atoms with Crippen LogP contribution in [0.25, 0.3) is 0 Å². The first-order valence-corrected chi connectivity index (χ1v) is 22.9. The molecule has 68 heavy (non-hydrogen) atoms. The van der Waals surface area contributed by atoms with Gasteiger partial charge in [-0.15, -0.1) is 0 Å². The normalized spacial score (nSPS) is 32.2. The van der Waals surface area contributed by atoms with E-state index in [2.05, 4.69) is 16.0 Å². The molecule has 15 atom stereocenters. The molecule has 8 N–H and O–H groups in total. The van der Waals surface area contributed by atoms with Gasteiger partial charge in [0.05, 0.1) is 37.6 Å². The van der Waals surface area contributed by atoms with Gasteiger partial charge in [-0.2, -0.15) is 0 Å². The lowest BCUT2D eigenvalue weighted by atomic mass is 9.80. The van der Waals surface area contributed by atoms with Crippen LogP contribution in [0.4, 0.5) is 14.4 Å². The summed E-state index contributed by atoms with van der Waals surface area (Å²) in [6, 6.07) is 24.9. The molecule has 0 aromatic heterocycles. The summed E-state index contributed by atoms with van der Waals surface area (Å²) in [6.45, 7) is 3.18. The van der Waals surface area contributed by atoms with Crippen molar-refractivity contribution in [3.63, 3.8) is 0 Å². The van der Waals surface area contributed by atoms with E-state index in [0.29, 0.717) is 12.8 Å². The third-order valence-electron chi connectivity index (χ3n) is 12.0. The Hall–Kier alpha value is -5.45. The lowest BCUT2D eigenvalue weighted by Gasteiger charge is -2.45. The molecule has 3 amide bonds. The van der Waals surface area contributed by atoms with Gasteiger partial charge in [0.2, 0.25) is 0 Å². The summed E-state index contributed by atoms with van der Waals surface area (Å²) in [5.74, 6) is -0.338. The minimum absolute atomic E-state index is 0.0187. The van der Waals surface area contributed by atoms with Crippen molar-refractivity contribution >= 4 is 18.3 Å². The summed E-state index contributed by atoms with van der Waals surface area (Å²) in [7, 11) is 0. The average molecular weight is 947 g/mol. The molecule has 7 rings (SSSR count). The third kappa shape index (κ3) is 13.8. The number of nitrogens with one attached hydrogen (secondary N) is 3. The standard InChI is InChI=1S/C49H62N4O15/c1-3-33-19-21-36(52-48(58)61-27-31-15-9-5-10-16-31)44(63-33)66-41-29(2)23-35(50)39(55)43(41)68-46-40(56)42(38(25-54)65-46)67-45-37(53-49(59)62-28-32-17-11-6-12-18-32)22-20-34(64-45)24-51-47(57)60-26-30-13-7-4-8-14-30/h4-22,29,33-46,54-56H,3,23-28,50H2,1-2H3,(H,51,57)(H,52,58)(H,53,59)/t29-,33+,34+,35+,36+,37?,38+,39-,40+,41+,42+,43+,44+,45+,46-/m0/s1. The number of hydrogen-bond acceptors (Lipinski definition) is 16. The number of nitrogens with two attached hydrogens (primary N) is 1. The Labute approximate surface area is 394 Å². The molecular formula is C49H62N4O15. The van der Waals surface area contributed by atoms with Crippen LogP contribution in [0.5, 0.6) is 0 Å². The lowest BCUT2D eigenvalue weighted by Crippen LogP contribution is -2.61. The molecule has 19 nitrogen and oxygen atoms in total. The second-order valence-corrected chi connectivity index (χ2v) is 17.1. The zero-order valence-corrected chi connectivity index (χ0v) is 37.9. The molecule has 3 aliphatic heterocycles. The molecule has 4 aliphatic rings. The Morgan fingerprint density at radius 2 is 1.09 bits per heavy atom. The van der Waals surface area contributed by atoms with Crippen molar-refractivity contribution in [2.45, 2.75) is 132 Å². The Morgan fingerprint density at radius 1 is 0.618 bits per heavy atom.